The number of hydrogen-bond donors (Lipinski definition) is 0. The number of morpholine rings is 1. The molecule has 1 unspecified atom stereocenters. The Balaban J connectivity index is 1.48. The van der Waals surface area contributed by atoms with E-state index in [9.17, 15) is 0 Å². The fourth-order valence-corrected chi connectivity index (χ4v) is 3.82. The van der Waals surface area contributed by atoms with Crippen molar-refractivity contribution in [2.75, 3.05) is 61.1 Å². The molecule has 4 rings (SSSR count). The van der Waals surface area contributed by atoms with Crippen LogP contribution in [0.5, 0.6) is 0 Å². The van der Waals surface area contributed by atoms with Gasteiger partial charge in [-0.05, 0) is 38.0 Å². The summed E-state index contributed by atoms with van der Waals surface area (Å²) >= 11 is 0. The first kappa shape index (κ1) is 18.0. The van der Waals surface area contributed by atoms with Gasteiger partial charge < -0.3 is 19.4 Å². The van der Waals surface area contributed by atoms with Crippen LogP contribution >= 0.6 is 0 Å². The predicted molar refractivity (Wildman–Crippen MR) is 108 cm³/mol. The van der Waals surface area contributed by atoms with Gasteiger partial charge in [-0.3, -0.25) is 0 Å². The third-order valence-corrected chi connectivity index (χ3v) is 5.42. The first-order valence-corrected chi connectivity index (χ1v) is 9.78. The maximum absolute atomic E-state index is 5.45. The summed E-state index contributed by atoms with van der Waals surface area (Å²) in [5, 5.41) is 0. The molecular formula is C20H28N6O. The van der Waals surface area contributed by atoms with Crippen LogP contribution in [0.2, 0.25) is 0 Å². The molecule has 0 spiro atoms. The van der Waals surface area contributed by atoms with Crippen LogP contribution in [0.4, 0.5) is 17.6 Å². The highest BCUT2D eigenvalue weighted by Gasteiger charge is 2.26. The van der Waals surface area contributed by atoms with Gasteiger partial charge in [-0.15, -0.1) is 0 Å². The first-order chi connectivity index (χ1) is 13.2. The van der Waals surface area contributed by atoms with E-state index in [1.807, 2.05) is 25.3 Å². The first-order valence-electron chi connectivity index (χ1n) is 9.78. The highest BCUT2D eigenvalue weighted by molar-refractivity contribution is 5.46. The standard InChI is InChI=1S/C20H28N6O/c1-16-5-3-7-18(22-16)26-10-4-6-17(15-26)24(2)20-21-9-8-19(23-20)25-11-13-27-14-12-25/h3,5,7-9,17H,4,6,10-15H2,1-2H3. The number of pyridine rings is 1. The Morgan fingerprint density at radius 3 is 2.67 bits per heavy atom. The number of anilines is 3. The number of ether oxygens (including phenoxy) is 1. The minimum atomic E-state index is 0.376. The summed E-state index contributed by atoms with van der Waals surface area (Å²) in [6.07, 6.45) is 4.16. The van der Waals surface area contributed by atoms with Crippen LogP contribution in [0.1, 0.15) is 18.5 Å². The van der Waals surface area contributed by atoms with Crippen LogP contribution in [-0.2, 0) is 4.74 Å². The minimum Gasteiger partial charge on any atom is -0.378 e. The summed E-state index contributed by atoms with van der Waals surface area (Å²) < 4.78 is 5.45. The normalized spacial score (nSPS) is 20.6. The van der Waals surface area contributed by atoms with Gasteiger partial charge in [0.1, 0.15) is 11.6 Å². The third kappa shape index (κ3) is 4.13. The molecule has 2 saturated heterocycles. The SMILES string of the molecule is Cc1cccc(N2CCCC(N(C)c3nccc(N4CCOCC4)n3)C2)n1. The van der Waals surface area contributed by atoms with Crippen LogP contribution in [0.3, 0.4) is 0 Å². The Bertz CT molecular complexity index is 764. The number of rotatable bonds is 4. The van der Waals surface area contributed by atoms with Gasteiger partial charge >= 0.3 is 0 Å². The van der Waals surface area contributed by atoms with Crippen molar-refractivity contribution in [3.8, 4) is 0 Å². The summed E-state index contributed by atoms with van der Waals surface area (Å²) in [6, 6.07) is 8.60. The van der Waals surface area contributed by atoms with E-state index < -0.39 is 0 Å². The summed E-state index contributed by atoms with van der Waals surface area (Å²) in [5.41, 5.74) is 1.06. The van der Waals surface area contributed by atoms with Gasteiger partial charge in [-0.25, -0.2) is 9.97 Å². The van der Waals surface area contributed by atoms with E-state index in [1.165, 1.54) is 0 Å². The number of likely N-dealkylation sites (N-methyl/N-ethyl adjacent to an activating group) is 1. The lowest BCUT2D eigenvalue weighted by molar-refractivity contribution is 0.122. The second-order valence-electron chi connectivity index (χ2n) is 7.30. The fourth-order valence-electron chi connectivity index (χ4n) is 3.82. The van der Waals surface area contributed by atoms with Gasteiger partial charge in [0.15, 0.2) is 0 Å². The van der Waals surface area contributed by atoms with E-state index >= 15 is 0 Å². The Hall–Kier alpha value is -2.41. The zero-order chi connectivity index (χ0) is 18.6. The van der Waals surface area contributed by atoms with E-state index in [4.69, 9.17) is 14.7 Å². The number of aryl methyl sites for hydroxylation is 1. The molecule has 1 atom stereocenters. The second kappa shape index (κ2) is 8.08. The molecule has 2 aromatic rings. The molecule has 0 bridgehead atoms. The van der Waals surface area contributed by atoms with Gasteiger partial charge in [0.2, 0.25) is 5.95 Å². The van der Waals surface area contributed by atoms with Crippen molar-refractivity contribution in [1.29, 1.82) is 0 Å². The molecule has 27 heavy (non-hydrogen) atoms. The van der Waals surface area contributed by atoms with E-state index in [0.717, 1.165) is 75.5 Å². The van der Waals surface area contributed by atoms with Crippen LogP contribution in [0.25, 0.3) is 0 Å². The lowest BCUT2D eigenvalue weighted by Gasteiger charge is -2.38. The number of aromatic nitrogens is 3. The molecule has 2 aliphatic heterocycles. The van der Waals surface area contributed by atoms with Crippen LogP contribution in [0, 0.1) is 6.92 Å². The molecule has 2 aliphatic rings. The van der Waals surface area contributed by atoms with Crippen LogP contribution in [-0.4, -0.2) is 67.4 Å². The smallest absolute Gasteiger partial charge is 0.227 e. The molecule has 2 aromatic heterocycles. The Morgan fingerprint density at radius 2 is 1.85 bits per heavy atom. The average Bonchev–Trinajstić information content (AvgIpc) is 2.74. The van der Waals surface area contributed by atoms with Crippen molar-refractivity contribution in [2.45, 2.75) is 25.8 Å². The highest BCUT2D eigenvalue weighted by atomic mass is 16.5. The van der Waals surface area contributed by atoms with Crippen molar-refractivity contribution in [3.05, 3.63) is 36.2 Å². The number of nitrogens with zero attached hydrogens (tertiary/aromatic N) is 6. The molecule has 7 heteroatoms. The van der Waals surface area contributed by atoms with Crippen molar-refractivity contribution in [2.24, 2.45) is 0 Å². The van der Waals surface area contributed by atoms with E-state index in [2.05, 4.69) is 38.9 Å². The summed E-state index contributed by atoms with van der Waals surface area (Å²) in [6.45, 7) is 7.33. The molecule has 2 fully saturated rings. The van der Waals surface area contributed by atoms with Crippen molar-refractivity contribution >= 4 is 17.6 Å². The summed E-state index contributed by atoms with van der Waals surface area (Å²) in [7, 11) is 2.11. The fraction of sp³-hybridized carbons (Fsp3) is 0.550. The van der Waals surface area contributed by atoms with E-state index in [-0.39, 0.29) is 0 Å². The van der Waals surface area contributed by atoms with Crippen LogP contribution < -0.4 is 14.7 Å². The Labute approximate surface area is 161 Å². The van der Waals surface area contributed by atoms with Gasteiger partial charge in [-0.1, -0.05) is 6.07 Å². The number of piperidine rings is 1. The molecule has 0 aromatic carbocycles. The quantitative estimate of drug-likeness (QED) is 0.819. The van der Waals surface area contributed by atoms with E-state index in [1.54, 1.807) is 0 Å². The zero-order valence-electron chi connectivity index (χ0n) is 16.2. The Kier molecular flexibility index (Phi) is 5.38. The molecule has 0 N–H and O–H groups in total. The molecule has 4 heterocycles. The van der Waals surface area contributed by atoms with Crippen molar-refractivity contribution < 1.29 is 4.74 Å². The predicted octanol–water partition coefficient (Wildman–Crippen LogP) is 2.12. The average molecular weight is 368 g/mol. The van der Waals surface area contributed by atoms with Gasteiger partial charge in [0.25, 0.3) is 0 Å². The largest absolute Gasteiger partial charge is 0.378 e. The monoisotopic (exact) mass is 368 g/mol. The molecular weight excluding hydrogens is 340 g/mol. The molecule has 7 nitrogen and oxygen atoms in total. The van der Waals surface area contributed by atoms with Gasteiger partial charge in [0.05, 0.1) is 13.2 Å². The van der Waals surface area contributed by atoms with Crippen LogP contribution in [0.15, 0.2) is 30.5 Å². The lowest BCUT2D eigenvalue weighted by Crippen LogP contribution is -2.47. The third-order valence-electron chi connectivity index (χ3n) is 5.42. The Morgan fingerprint density at radius 1 is 1.04 bits per heavy atom. The molecule has 0 amide bonds. The minimum absolute atomic E-state index is 0.376. The lowest BCUT2D eigenvalue weighted by atomic mass is 10.0. The van der Waals surface area contributed by atoms with Crippen molar-refractivity contribution in [3.63, 3.8) is 0 Å². The molecule has 0 aliphatic carbocycles. The summed E-state index contributed by atoms with van der Waals surface area (Å²) in [4.78, 5) is 21.0. The van der Waals surface area contributed by atoms with Crippen molar-refractivity contribution in [1.82, 2.24) is 15.0 Å². The summed E-state index contributed by atoms with van der Waals surface area (Å²) in [5.74, 6) is 2.85. The number of hydrogen-bond acceptors (Lipinski definition) is 7. The topological polar surface area (TPSA) is 57.6 Å². The zero-order valence-corrected chi connectivity index (χ0v) is 16.2. The molecule has 0 saturated carbocycles. The highest BCUT2D eigenvalue weighted by Crippen LogP contribution is 2.24. The molecule has 0 radical (unpaired) electrons. The maximum Gasteiger partial charge on any atom is 0.227 e. The van der Waals surface area contributed by atoms with E-state index in [0.29, 0.717) is 6.04 Å². The van der Waals surface area contributed by atoms with Gasteiger partial charge in [-0.2, -0.15) is 4.98 Å². The van der Waals surface area contributed by atoms with Gasteiger partial charge in [0, 0.05) is 51.2 Å². The maximum atomic E-state index is 5.45. The second-order valence-corrected chi connectivity index (χ2v) is 7.30. The molecule has 144 valence electrons.